The number of urea groups is 1. The number of thiazole rings is 1. The van der Waals surface area contributed by atoms with Crippen LogP contribution < -0.4 is 10.6 Å². The molecule has 2 aliphatic rings. The number of piperidine rings is 1. The molecule has 3 heterocycles. The lowest BCUT2D eigenvalue weighted by molar-refractivity contribution is -0.132. The van der Waals surface area contributed by atoms with Crippen molar-refractivity contribution in [1.29, 1.82) is 0 Å². The number of carbonyl (C=O) groups is 2. The lowest BCUT2D eigenvalue weighted by Gasteiger charge is -2.31. The predicted molar refractivity (Wildman–Crippen MR) is 66.0 cm³/mol. The minimum Gasteiger partial charge on any atom is -0.323 e. The molecule has 0 radical (unpaired) electrons. The number of imide groups is 1. The van der Waals surface area contributed by atoms with Gasteiger partial charge in [-0.3, -0.25) is 14.7 Å². The van der Waals surface area contributed by atoms with Gasteiger partial charge in [-0.25, -0.2) is 4.79 Å². The van der Waals surface area contributed by atoms with Gasteiger partial charge in [0.05, 0.1) is 12.1 Å². The summed E-state index contributed by atoms with van der Waals surface area (Å²) < 4.78 is 0. The van der Waals surface area contributed by atoms with E-state index in [1.807, 2.05) is 0 Å². The molecule has 0 aromatic carbocycles. The van der Waals surface area contributed by atoms with Gasteiger partial charge in [-0.2, -0.15) is 0 Å². The van der Waals surface area contributed by atoms with Gasteiger partial charge in [0.15, 0.2) is 0 Å². The SMILES string of the molecule is O=C1NC2(CCNCC2)C(=O)N1Cc1cncs1. The second-order valence-electron chi connectivity index (χ2n) is 4.62. The number of carbonyl (C=O) groups excluding carboxylic acids is 2. The van der Waals surface area contributed by atoms with Crippen LogP contribution in [0.15, 0.2) is 11.7 Å². The molecule has 0 saturated carbocycles. The lowest BCUT2D eigenvalue weighted by Crippen LogP contribution is -2.53. The maximum Gasteiger partial charge on any atom is 0.325 e. The topological polar surface area (TPSA) is 74.3 Å². The molecule has 2 fully saturated rings. The van der Waals surface area contributed by atoms with Crippen molar-refractivity contribution in [2.75, 3.05) is 13.1 Å². The monoisotopic (exact) mass is 266 g/mol. The predicted octanol–water partition coefficient (Wildman–Crippen LogP) is 0.317. The number of nitrogens with one attached hydrogen (secondary N) is 2. The number of aromatic nitrogens is 1. The van der Waals surface area contributed by atoms with Gasteiger partial charge in [0.1, 0.15) is 5.54 Å². The van der Waals surface area contributed by atoms with Crippen LogP contribution in [0.3, 0.4) is 0 Å². The Bertz CT molecular complexity index is 467. The van der Waals surface area contributed by atoms with E-state index in [0.717, 1.165) is 18.0 Å². The minimum atomic E-state index is -0.674. The third kappa shape index (κ3) is 1.79. The van der Waals surface area contributed by atoms with Crippen LogP contribution in [0.5, 0.6) is 0 Å². The molecule has 0 unspecified atom stereocenters. The van der Waals surface area contributed by atoms with Crippen molar-refractivity contribution < 1.29 is 9.59 Å². The van der Waals surface area contributed by atoms with Gasteiger partial charge in [-0.15, -0.1) is 11.3 Å². The van der Waals surface area contributed by atoms with E-state index >= 15 is 0 Å². The highest BCUT2D eigenvalue weighted by atomic mass is 32.1. The Morgan fingerprint density at radius 3 is 2.83 bits per heavy atom. The zero-order valence-corrected chi connectivity index (χ0v) is 10.6. The summed E-state index contributed by atoms with van der Waals surface area (Å²) in [6.45, 7) is 1.85. The first-order valence-electron chi connectivity index (χ1n) is 5.93. The van der Waals surface area contributed by atoms with Crippen molar-refractivity contribution in [3.8, 4) is 0 Å². The summed E-state index contributed by atoms with van der Waals surface area (Å²) in [5.74, 6) is -0.0950. The maximum absolute atomic E-state index is 12.4. The smallest absolute Gasteiger partial charge is 0.323 e. The third-order valence-electron chi connectivity index (χ3n) is 3.50. The van der Waals surface area contributed by atoms with Gasteiger partial charge in [0, 0.05) is 11.1 Å². The molecule has 2 saturated heterocycles. The molecular weight excluding hydrogens is 252 g/mol. The lowest BCUT2D eigenvalue weighted by atomic mass is 9.88. The van der Waals surface area contributed by atoms with E-state index < -0.39 is 5.54 Å². The summed E-state index contributed by atoms with van der Waals surface area (Å²) >= 11 is 1.45. The number of amides is 3. The second kappa shape index (κ2) is 4.33. The summed E-state index contributed by atoms with van der Waals surface area (Å²) in [6, 6.07) is -0.282. The Kier molecular flexibility index (Phi) is 2.79. The minimum absolute atomic E-state index is 0.0950. The van der Waals surface area contributed by atoms with Crippen molar-refractivity contribution in [2.24, 2.45) is 0 Å². The molecule has 2 aliphatic heterocycles. The standard InChI is InChI=1S/C11H14N4O2S/c16-9-11(1-3-12-4-2-11)14-10(17)15(9)6-8-5-13-7-18-8/h5,7,12H,1-4,6H2,(H,14,17). The van der Waals surface area contributed by atoms with Crippen molar-refractivity contribution in [3.63, 3.8) is 0 Å². The van der Waals surface area contributed by atoms with Crippen LogP contribution in [0, 0.1) is 0 Å². The fraction of sp³-hybridized carbons (Fsp3) is 0.545. The Balaban J connectivity index is 1.80. The Morgan fingerprint density at radius 1 is 1.39 bits per heavy atom. The molecule has 0 aliphatic carbocycles. The molecule has 7 heteroatoms. The number of hydrogen-bond donors (Lipinski definition) is 2. The third-order valence-corrected chi connectivity index (χ3v) is 4.26. The molecular formula is C11H14N4O2S. The maximum atomic E-state index is 12.4. The second-order valence-corrected chi connectivity index (χ2v) is 5.59. The zero-order valence-electron chi connectivity index (χ0n) is 9.81. The summed E-state index contributed by atoms with van der Waals surface area (Å²) in [7, 11) is 0. The van der Waals surface area contributed by atoms with Crippen molar-refractivity contribution in [3.05, 3.63) is 16.6 Å². The molecule has 6 nitrogen and oxygen atoms in total. The van der Waals surface area contributed by atoms with Gasteiger partial charge in [-0.1, -0.05) is 0 Å². The highest BCUT2D eigenvalue weighted by Gasteiger charge is 2.51. The largest absolute Gasteiger partial charge is 0.325 e. The molecule has 1 aromatic heterocycles. The highest BCUT2D eigenvalue weighted by Crippen LogP contribution is 2.28. The van der Waals surface area contributed by atoms with Gasteiger partial charge >= 0.3 is 6.03 Å². The Hall–Kier alpha value is -1.47. The molecule has 0 atom stereocenters. The summed E-state index contributed by atoms with van der Waals surface area (Å²) in [4.78, 5) is 30.5. The first-order chi connectivity index (χ1) is 8.71. The average Bonchev–Trinajstić information content (AvgIpc) is 2.95. The number of hydrogen-bond acceptors (Lipinski definition) is 5. The quantitative estimate of drug-likeness (QED) is 0.756. The van der Waals surface area contributed by atoms with Gasteiger partial charge in [0.2, 0.25) is 0 Å². The first kappa shape index (κ1) is 11.6. The van der Waals surface area contributed by atoms with E-state index in [4.69, 9.17) is 0 Å². The molecule has 96 valence electrons. The summed E-state index contributed by atoms with van der Waals surface area (Å²) in [6.07, 6.45) is 3.02. The molecule has 1 aromatic rings. The zero-order chi connectivity index (χ0) is 12.6. The van der Waals surface area contributed by atoms with E-state index in [1.165, 1.54) is 16.2 Å². The van der Waals surface area contributed by atoms with E-state index in [2.05, 4.69) is 15.6 Å². The fourth-order valence-corrected chi connectivity index (χ4v) is 3.07. The van der Waals surface area contributed by atoms with Crippen LogP contribution in [-0.4, -0.2) is 40.5 Å². The first-order valence-corrected chi connectivity index (χ1v) is 6.81. The summed E-state index contributed by atoms with van der Waals surface area (Å²) in [5, 5.41) is 6.06. The molecule has 1 spiro atoms. The van der Waals surface area contributed by atoms with Crippen LogP contribution >= 0.6 is 11.3 Å². The molecule has 3 amide bonds. The molecule has 2 N–H and O–H groups in total. The Labute approximate surface area is 108 Å². The van der Waals surface area contributed by atoms with Crippen molar-refractivity contribution >= 4 is 23.3 Å². The molecule has 0 bridgehead atoms. The van der Waals surface area contributed by atoms with Crippen LogP contribution in [0.4, 0.5) is 4.79 Å². The van der Waals surface area contributed by atoms with E-state index in [1.54, 1.807) is 11.7 Å². The highest BCUT2D eigenvalue weighted by molar-refractivity contribution is 7.09. The number of rotatable bonds is 2. The number of nitrogens with zero attached hydrogens (tertiary/aromatic N) is 2. The van der Waals surface area contributed by atoms with E-state index in [-0.39, 0.29) is 11.9 Å². The normalized spacial score (nSPS) is 22.6. The van der Waals surface area contributed by atoms with Gasteiger partial charge < -0.3 is 10.6 Å². The van der Waals surface area contributed by atoms with Gasteiger partial charge in [0.25, 0.3) is 5.91 Å². The van der Waals surface area contributed by atoms with E-state index in [0.29, 0.717) is 19.4 Å². The van der Waals surface area contributed by atoms with E-state index in [9.17, 15) is 9.59 Å². The average molecular weight is 266 g/mol. The van der Waals surface area contributed by atoms with Crippen LogP contribution in [0.1, 0.15) is 17.7 Å². The van der Waals surface area contributed by atoms with Crippen LogP contribution in [0.25, 0.3) is 0 Å². The van der Waals surface area contributed by atoms with Crippen molar-refractivity contribution in [1.82, 2.24) is 20.5 Å². The summed E-state index contributed by atoms with van der Waals surface area (Å²) in [5.41, 5.74) is 1.03. The Morgan fingerprint density at radius 2 is 2.17 bits per heavy atom. The van der Waals surface area contributed by atoms with Crippen LogP contribution in [-0.2, 0) is 11.3 Å². The van der Waals surface area contributed by atoms with Gasteiger partial charge in [-0.05, 0) is 25.9 Å². The van der Waals surface area contributed by atoms with Crippen molar-refractivity contribution in [2.45, 2.75) is 24.9 Å². The van der Waals surface area contributed by atoms with Crippen LogP contribution in [0.2, 0.25) is 0 Å². The fourth-order valence-electron chi connectivity index (χ4n) is 2.49. The molecule has 3 rings (SSSR count). The molecule has 18 heavy (non-hydrogen) atoms.